The minimum absolute atomic E-state index is 0.309. The first-order chi connectivity index (χ1) is 10.2. The van der Waals surface area contributed by atoms with Crippen LogP contribution in [0.1, 0.15) is 32.6 Å². The fraction of sp³-hybridized carbons (Fsp3) is 0.786. The zero-order valence-corrected chi connectivity index (χ0v) is 13.1. The fourth-order valence-electron chi connectivity index (χ4n) is 2.40. The highest BCUT2D eigenvalue weighted by molar-refractivity contribution is 5.26. The molecule has 7 heteroatoms. The van der Waals surface area contributed by atoms with E-state index in [1.807, 2.05) is 6.92 Å². The van der Waals surface area contributed by atoms with Gasteiger partial charge in [-0.3, -0.25) is 0 Å². The van der Waals surface area contributed by atoms with Gasteiger partial charge in [0.1, 0.15) is 0 Å². The molecule has 0 radical (unpaired) electrons. The van der Waals surface area contributed by atoms with Gasteiger partial charge in [-0.1, -0.05) is 6.92 Å². The summed E-state index contributed by atoms with van der Waals surface area (Å²) in [5, 5.41) is 2.89. The number of rotatable bonds is 8. The Morgan fingerprint density at radius 3 is 2.48 bits per heavy atom. The van der Waals surface area contributed by atoms with Crippen molar-refractivity contribution in [2.24, 2.45) is 0 Å². The lowest BCUT2D eigenvalue weighted by atomic mass is 10.2. The molecule has 0 saturated carbocycles. The molecule has 1 saturated heterocycles. The van der Waals surface area contributed by atoms with Crippen molar-refractivity contribution in [2.45, 2.75) is 38.6 Å². The average molecular weight is 295 g/mol. The average Bonchev–Trinajstić information content (AvgIpc) is 2.90. The quantitative estimate of drug-likeness (QED) is 0.780. The van der Waals surface area contributed by atoms with Gasteiger partial charge < -0.3 is 19.7 Å². The normalized spacial score (nSPS) is 18.7. The molecule has 2 rings (SSSR count). The molecular weight excluding hydrogens is 270 g/mol. The summed E-state index contributed by atoms with van der Waals surface area (Å²) in [6.07, 6.45) is 4.41. The zero-order valence-electron chi connectivity index (χ0n) is 13.1. The Kier molecular flexibility index (Phi) is 5.98. The van der Waals surface area contributed by atoms with Gasteiger partial charge in [-0.2, -0.15) is 9.97 Å². The molecular formula is C14H25N5O2. The molecule has 1 aromatic rings. The Hall–Kier alpha value is -1.63. The van der Waals surface area contributed by atoms with Gasteiger partial charge in [0.25, 0.3) is 0 Å². The summed E-state index contributed by atoms with van der Waals surface area (Å²) >= 11 is 0. The molecule has 1 aliphatic heterocycles. The van der Waals surface area contributed by atoms with Crippen LogP contribution in [0.25, 0.3) is 0 Å². The van der Waals surface area contributed by atoms with Crippen molar-refractivity contribution in [3.63, 3.8) is 0 Å². The molecule has 2 heterocycles. The van der Waals surface area contributed by atoms with E-state index in [2.05, 4.69) is 32.2 Å². The van der Waals surface area contributed by atoms with Crippen molar-refractivity contribution < 1.29 is 9.47 Å². The molecule has 0 spiro atoms. The molecule has 21 heavy (non-hydrogen) atoms. The van der Waals surface area contributed by atoms with E-state index in [0.29, 0.717) is 37.2 Å². The molecule has 118 valence electrons. The van der Waals surface area contributed by atoms with Crippen LogP contribution in [0.4, 0.5) is 5.95 Å². The van der Waals surface area contributed by atoms with Crippen LogP contribution in [0, 0.1) is 0 Å². The monoisotopic (exact) mass is 295 g/mol. The zero-order chi connectivity index (χ0) is 15.1. The largest absolute Gasteiger partial charge is 0.463 e. The summed E-state index contributed by atoms with van der Waals surface area (Å²) in [6.45, 7) is 4.40. The van der Waals surface area contributed by atoms with Crippen LogP contribution >= 0.6 is 0 Å². The van der Waals surface area contributed by atoms with E-state index in [1.165, 1.54) is 19.4 Å². The van der Waals surface area contributed by atoms with Gasteiger partial charge in [0.15, 0.2) is 0 Å². The van der Waals surface area contributed by atoms with Crippen LogP contribution in [0.2, 0.25) is 0 Å². The second-order valence-corrected chi connectivity index (χ2v) is 5.24. The standard InChI is InChI=1S/C14H25N5O2/c1-4-9-20-13-16-12(15-2)17-14(18-13)21-10-7-11-6-5-8-19(11)3/h11H,4-10H2,1-3H3,(H,15,16,17,18). The molecule has 1 atom stereocenters. The maximum atomic E-state index is 5.67. The summed E-state index contributed by atoms with van der Waals surface area (Å²) in [4.78, 5) is 14.9. The molecule has 1 aromatic heterocycles. The summed E-state index contributed by atoms with van der Waals surface area (Å²) in [5.74, 6) is 0.462. The molecule has 1 fully saturated rings. The molecule has 0 aliphatic carbocycles. The Labute approximate surface area is 126 Å². The maximum absolute atomic E-state index is 5.67. The third kappa shape index (κ3) is 4.70. The lowest BCUT2D eigenvalue weighted by molar-refractivity contribution is 0.218. The van der Waals surface area contributed by atoms with Crippen LogP contribution in [0.15, 0.2) is 0 Å². The topological polar surface area (TPSA) is 72.4 Å². The predicted molar refractivity (Wildman–Crippen MR) is 80.9 cm³/mol. The Bertz CT molecular complexity index is 443. The van der Waals surface area contributed by atoms with Crippen LogP contribution in [0.5, 0.6) is 12.0 Å². The first kappa shape index (κ1) is 15.8. The van der Waals surface area contributed by atoms with Crippen LogP contribution in [-0.4, -0.2) is 59.7 Å². The van der Waals surface area contributed by atoms with Crippen molar-refractivity contribution in [3.8, 4) is 12.0 Å². The summed E-state index contributed by atoms with van der Waals surface area (Å²) < 4.78 is 11.1. The summed E-state index contributed by atoms with van der Waals surface area (Å²) in [7, 11) is 3.92. The first-order valence-electron chi connectivity index (χ1n) is 7.62. The Morgan fingerprint density at radius 2 is 1.90 bits per heavy atom. The molecule has 0 bridgehead atoms. The van der Waals surface area contributed by atoms with E-state index < -0.39 is 0 Å². The van der Waals surface area contributed by atoms with E-state index in [0.717, 1.165) is 12.8 Å². The van der Waals surface area contributed by atoms with Gasteiger partial charge >= 0.3 is 12.0 Å². The Morgan fingerprint density at radius 1 is 1.19 bits per heavy atom. The second kappa shape index (κ2) is 7.97. The van der Waals surface area contributed by atoms with Crippen molar-refractivity contribution in [1.29, 1.82) is 0 Å². The number of nitrogens with one attached hydrogen (secondary N) is 1. The van der Waals surface area contributed by atoms with Crippen molar-refractivity contribution >= 4 is 5.95 Å². The number of hydrogen-bond acceptors (Lipinski definition) is 7. The number of likely N-dealkylation sites (tertiary alicyclic amines) is 1. The number of hydrogen-bond donors (Lipinski definition) is 1. The van der Waals surface area contributed by atoms with Crippen LogP contribution in [-0.2, 0) is 0 Å². The number of aromatic nitrogens is 3. The molecule has 1 unspecified atom stereocenters. The minimum Gasteiger partial charge on any atom is -0.463 e. The van der Waals surface area contributed by atoms with Gasteiger partial charge in [-0.05, 0) is 39.3 Å². The lowest BCUT2D eigenvalue weighted by Gasteiger charge is -2.18. The van der Waals surface area contributed by atoms with E-state index in [1.54, 1.807) is 7.05 Å². The second-order valence-electron chi connectivity index (χ2n) is 5.24. The van der Waals surface area contributed by atoms with E-state index >= 15 is 0 Å². The summed E-state index contributed by atoms with van der Waals surface area (Å²) in [5.41, 5.74) is 0. The maximum Gasteiger partial charge on any atom is 0.324 e. The van der Waals surface area contributed by atoms with Gasteiger partial charge in [0, 0.05) is 13.1 Å². The molecule has 7 nitrogen and oxygen atoms in total. The SMILES string of the molecule is CCCOc1nc(NC)nc(OCCC2CCCN2C)n1. The van der Waals surface area contributed by atoms with Crippen LogP contribution in [0.3, 0.4) is 0 Å². The minimum atomic E-state index is 0.309. The van der Waals surface area contributed by atoms with Crippen LogP contribution < -0.4 is 14.8 Å². The highest BCUT2D eigenvalue weighted by atomic mass is 16.5. The van der Waals surface area contributed by atoms with Gasteiger partial charge in [0.05, 0.1) is 13.2 Å². The van der Waals surface area contributed by atoms with Gasteiger partial charge in [-0.15, -0.1) is 4.98 Å². The third-order valence-electron chi connectivity index (χ3n) is 3.61. The highest BCUT2D eigenvalue weighted by Crippen LogP contribution is 2.18. The number of anilines is 1. The third-order valence-corrected chi connectivity index (χ3v) is 3.61. The van der Waals surface area contributed by atoms with E-state index in [4.69, 9.17) is 9.47 Å². The fourth-order valence-corrected chi connectivity index (χ4v) is 2.40. The molecule has 1 N–H and O–H groups in total. The number of ether oxygens (including phenoxy) is 2. The van der Waals surface area contributed by atoms with Gasteiger partial charge in [0.2, 0.25) is 5.95 Å². The summed E-state index contributed by atoms with van der Waals surface area (Å²) in [6, 6.07) is 1.23. The molecule has 0 amide bonds. The molecule has 1 aliphatic rings. The molecule has 0 aromatic carbocycles. The van der Waals surface area contributed by atoms with Crippen molar-refractivity contribution in [1.82, 2.24) is 19.9 Å². The van der Waals surface area contributed by atoms with E-state index in [9.17, 15) is 0 Å². The Balaban J connectivity index is 1.88. The van der Waals surface area contributed by atoms with E-state index in [-0.39, 0.29) is 0 Å². The smallest absolute Gasteiger partial charge is 0.324 e. The van der Waals surface area contributed by atoms with Crippen molar-refractivity contribution in [2.75, 3.05) is 39.2 Å². The lowest BCUT2D eigenvalue weighted by Crippen LogP contribution is -2.26. The first-order valence-corrected chi connectivity index (χ1v) is 7.62. The van der Waals surface area contributed by atoms with Gasteiger partial charge in [-0.25, -0.2) is 0 Å². The van der Waals surface area contributed by atoms with Crippen molar-refractivity contribution in [3.05, 3.63) is 0 Å². The highest BCUT2D eigenvalue weighted by Gasteiger charge is 2.20. The predicted octanol–water partition coefficient (Wildman–Crippen LogP) is 1.57. The number of nitrogens with zero attached hydrogens (tertiary/aromatic N) is 4.